The molecule has 3 aromatic rings. The number of β-amino-alcohol motifs (C(OH)–C–C–N with tert-alkyl or cyclic N) is 1. The standard InChI is InChI=1S/C30H31F2N3O6/c1-17-22(8-5-9-26(17)37)28(39)34-24(12-18-6-3-2-4-7-18)27(38)30(41)35-16-21(36)14-25(35)29(40)33-15-19-13-20(31)10-11-23(19)32/h2-11,13,21,24-25,27,36-38H,12,14-16H2,1H3,(H,33,40)(H,34,39)/t21-,24+,25+,27+/m1/s1. The fourth-order valence-electron chi connectivity index (χ4n) is 4.85. The Balaban J connectivity index is 1.53. The Bertz CT molecular complexity index is 1420. The predicted octanol–water partition coefficient (Wildman–Crippen LogP) is 1.96. The highest BCUT2D eigenvalue weighted by atomic mass is 19.1. The van der Waals surface area contributed by atoms with Crippen molar-refractivity contribution in [1.82, 2.24) is 15.5 Å². The maximum atomic E-state index is 14.0. The number of aliphatic hydroxyl groups is 2. The molecule has 1 heterocycles. The highest BCUT2D eigenvalue weighted by Gasteiger charge is 2.43. The summed E-state index contributed by atoms with van der Waals surface area (Å²) in [6.45, 7) is 0.956. The third kappa shape index (κ3) is 7.05. The quantitative estimate of drug-likeness (QED) is 0.268. The van der Waals surface area contributed by atoms with Crippen molar-refractivity contribution in [2.45, 2.75) is 50.6 Å². The second-order valence-corrected chi connectivity index (χ2v) is 10.0. The normalized spacial score (nSPS) is 18.0. The van der Waals surface area contributed by atoms with E-state index in [4.69, 9.17) is 0 Å². The van der Waals surface area contributed by atoms with Gasteiger partial charge < -0.3 is 30.9 Å². The van der Waals surface area contributed by atoms with Gasteiger partial charge in [-0.05, 0) is 49.2 Å². The summed E-state index contributed by atoms with van der Waals surface area (Å²) in [6.07, 6.45) is -2.94. The summed E-state index contributed by atoms with van der Waals surface area (Å²) in [5.41, 5.74) is 1.09. The lowest BCUT2D eigenvalue weighted by Crippen LogP contribution is -2.55. The van der Waals surface area contributed by atoms with Crippen LogP contribution in [-0.4, -0.2) is 68.8 Å². The van der Waals surface area contributed by atoms with Gasteiger partial charge in [0.2, 0.25) is 5.91 Å². The molecular formula is C30H31F2N3O6. The lowest BCUT2D eigenvalue weighted by molar-refractivity contribution is -0.146. The van der Waals surface area contributed by atoms with Crippen molar-refractivity contribution in [2.24, 2.45) is 0 Å². The van der Waals surface area contributed by atoms with Gasteiger partial charge in [-0.2, -0.15) is 0 Å². The van der Waals surface area contributed by atoms with Gasteiger partial charge in [-0.25, -0.2) is 8.78 Å². The Morgan fingerprint density at radius 3 is 2.51 bits per heavy atom. The summed E-state index contributed by atoms with van der Waals surface area (Å²) in [4.78, 5) is 40.7. The molecule has 5 N–H and O–H groups in total. The van der Waals surface area contributed by atoms with E-state index in [1.807, 2.05) is 0 Å². The molecule has 1 aliphatic rings. The van der Waals surface area contributed by atoms with E-state index in [0.29, 0.717) is 11.1 Å². The average Bonchev–Trinajstić information content (AvgIpc) is 3.35. The predicted molar refractivity (Wildman–Crippen MR) is 145 cm³/mol. The van der Waals surface area contributed by atoms with Gasteiger partial charge in [-0.3, -0.25) is 14.4 Å². The molecule has 9 nitrogen and oxygen atoms in total. The van der Waals surface area contributed by atoms with Crippen molar-refractivity contribution in [3.8, 4) is 5.75 Å². The van der Waals surface area contributed by atoms with Gasteiger partial charge in [0, 0.05) is 36.2 Å². The minimum absolute atomic E-state index is 0.0590. The van der Waals surface area contributed by atoms with Crippen molar-refractivity contribution in [3.05, 3.63) is 101 Å². The number of rotatable bonds is 9. The average molecular weight is 568 g/mol. The number of nitrogens with one attached hydrogen (secondary N) is 2. The number of phenolic OH excluding ortho intramolecular Hbond substituents is 1. The summed E-state index contributed by atoms with van der Waals surface area (Å²) in [5.74, 6) is -3.73. The molecule has 216 valence electrons. The Kier molecular flexibility index (Phi) is 9.31. The maximum absolute atomic E-state index is 14.0. The molecule has 41 heavy (non-hydrogen) atoms. The number of aliphatic hydroxyl groups excluding tert-OH is 2. The minimum Gasteiger partial charge on any atom is -0.508 e. The van der Waals surface area contributed by atoms with E-state index in [-0.39, 0.29) is 42.8 Å². The van der Waals surface area contributed by atoms with Crippen LogP contribution in [0.15, 0.2) is 66.7 Å². The largest absolute Gasteiger partial charge is 0.508 e. The molecule has 0 saturated carbocycles. The monoisotopic (exact) mass is 567 g/mol. The summed E-state index contributed by atoms with van der Waals surface area (Å²) in [6, 6.07) is 13.8. The first-order chi connectivity index (χ1) is 19.5. The van der Waals surface area contributed by atoms with Crippen LogP contribution >= 0.6 is 0 Å². The Hall–Kier alpha value is -4.35. The number of carbonyl (C=O) groups excluding carboxylic acids is 3. The van der Waals surface area contributed by atoms with E-state index >= 15 is 0 Å². The van der Waals surface area contributed by atoms with Crippen LogP contribution in [0.1, 0.15) is 33.5 Å². The molecular weight excluding hydrogens is 536 g/mol. The van der Waals surface area contributed by atoms with E-state index < -0.39 is 53.6 Å². The zero-order valence-electron chi connectivity index (χ0n) is 22.3. The van der Waals surface area contributed by atoms with E-state index in [0.717, 1.165) is 23.1 Å². The molecule has 0 aromatic heterocycles. The van der Waals surface area contributed by atoms with Crippen LogP contribution in [-0.2, 0) is 22.6 Å². The first kappa shape index (κ1) is 29.6. The second kappa shape index (κ2) is 12.9. The maximum Gasteiger partial charge on any atom is 0.254 e. The number of amides is 3. The zero-order chi connectivity index (χ0) is 29.7. The van der Waals surface area contributed by atoms with Gasteiger partial charge in [-0.15, -0.1) is 0 Å². The fourth-order valence-corrected chi connectivity index (χ4v) is 4.85. The summed E-state index contributed by atoms with van der Waals surface area (Å²) in [7, 11) is 0. The summed E-state index contributed by atoms with van der Waals surface area (Å²) in [5, 5.41) is 36.7. The molecule has 0 radical (unpaired) electrons. The highest BCUT2D eigenvalue weighted by Crippen LogP contribution is 2.23. The van der Waals surface area contributed by atoms with Crippen LogP contribution in [0.4, 0.5) is 8.78 Å². The first-order valence-corrected chi connectivity index (χ1v) is 13.1. The number of nitrogens with zero attached hydrogens (tertiary/aromatic N) is 1. The zero-order valence-corrected chi connectivity index (χ0v) is 22.3. The summed E-state index contributed by atoms with van der Waals surface area (Å²) >= 11 is 0. The SMILES string of the molecule is Cc1c(O)cccc1C(=O)N[C@@H](Cc1ccccc1)[C@H](O)C(=O)N1C[C@H](O)C[C@H]1C(=O)NCc1cc(F)ccc1F. The number of hydrogen-bond donors (Lipinski definition) is 5. The number of phenols is 1. The lowest BCUT2D eigenvalue weighted by atomic mass is 9.98. The van der Waals surface area contributed by atoms with Gasteiger partial charge in [0.05, 0.1) is 12.1 Å². The van der Waals surface area contributed by atoms with Crippen LogP contribution in [0.5, 0.6) is 5.75 Å². The number of benzene rings is 3. The summed E-state index contributed by atoms with van der Waals surface area (Å²) < 4.78 is 27.5. The molecule has 3 amide bonds. The fraction of sp³-hybridized carbons (Fsp3) is 0.300. The van der Waals surface area contributed by atoms with E-state index in [1.165, 1.54) is 18.2 Å². The molecule has 1 aliphatic heterocycles. The van der Waals surface area contributed by atoms with Gasteiger partial charge in [0.1, 0.15) is 23.4 Å². The van der Waals surface area contributed by atoms with Crippen molar-refractivity contribution < 1.29 is 38.5 Å². The van der Waals surface area contributed by atoms with Gasteiger partial charge in [0.15, 0.2) is 6.10 Å². The van der Waals surface area contributed by atoms with Crippen LogP contribution in [0.3, 0.4) is 0 Å². The molecule has 1 fully saturated rings. The molecule has 0 bridgehead atoms. The van der Waals surface area contributed by atoms with Gasteiger partial charge >= 0.3 is 0 Å². The number of halogens is 2. The molecule has 0 aliphatic carbocycles. The topological polar surface area (TPSA) is 139 Å². The Labute approximate surface area is 235 Å². The third-order valence-electron chi connectivity index (χ3n) is 7.12. The molecule has 11 heteroatoms. The lowest BCUT2D eigenvalue weighted by Gasteiger charge is -2.30. The third-order valence-corrected chi connectivity index (χ3v) is 7.12. The molecule has 1 saturated heterocycles. The van der Waals surface area contributed by atoms with Crippen molar-refractivity contribution in [2.75, 3.05) is 6.54 Å². The van der Waals surface area contributed by atoms with Gasteiger partial charge in [-0.1, -0.05) is 36.4 Å². The van der Waals surface area contributed by atoms with E-state index in [2.05, 4.69) is 10.6 Å². The van der Waals surface area contributed by atoms with Crippen LogP contribution in [0, 0.1) is 18.6 Å². The van der Waals surface area contributed by atoms with E-state index in [9.17, 15) is 38.5 Å². The second-order valence-electron chi connectivity index (χ2n) is 10.0. The number of likely N-dealkylation sites (tertiary alicyclic amines) is 1. The smallest absolute Gasteiger partial charge is 0.254 e. The van der Waals surface area contributed by atoms with E-state index in [1.54, 1.807) is 37.3 Å². The van der Waals surface area contributed by atoms with Gasteiger partial charge in [0.25, 0.3) is 11.8 Å². The molecule has 4 atom stereocenters. The van der Waals surface area contributed by atoms with Crippen molar-refractivity contribution in [1.29, 1.82) is 0 Å². The molecule has 4 rings (SSSR count). The Morgan fingerprint density at radius 2 is 1.78 bits per heavy atom. The molecule has 0 spiro atoms. The number of hydrogen-bond acceptors (Lipinski definition) is 6. The van der Waals surface area contributed by atoms with Crippen molar-refractivity contribution in [3.63, 3.8) is 0 Å². The van der Waals surface area contributed by atoms with Crippen LogP contribution in [0.2, 0.25) is 0 Å². The van der Waals surface area contributed by atoms with Crippen LogP contribution < -0.4 is 10.6 Å². The van der Waals surface area contributed by atoms with Crippen LogP contribution in [0.25, 0.3) is 0 Å². The first-order valence-electron chi connectivity index (χ1n) is 13.1. The minimum atomic E-state index is -1.81. The Morgan fingerprint density at radius 1 is 1.05 bits per heavy atom. The molecule has 3 aromatic carbocycles. The van der Waals surface area contributed by atoms with Crippen molar-refractivity contribution >= 4 is 17.7 Å². The molecule has 0 unspecified atom stereocenters. The number of carbonyl (C=O) groups is 3. The number of aromatic hydroxyl groups is 1. The highest BCUT2D eigenvalue weighted by molar-refractivity contribution is 5.97.